The third kappa shape index (κ3) is 5.14. The van der Waals surface area contributed by atoms with Gasteiger partial charge in [0, 0.05) is 5.69 Å². The number of carbonyl (C=O) groups is 1. The van der Waals surface area contributed by atoms with Crippen LogP contribution in [0.3, 0.4) is 0 Å². The third-order valence-electron chi connectivity index (χ3n) is 4.15. The average Bonchev–Trinajstić information content (AvgIpc) is 2.63. The van der Waals surface area contributed by atoms with Crippen LogP contribution < -0.4 is 10.6 Å². The maximum absolute atomic E-state index is 13.2. The Morgan fingerprint density at radius 1 is 1.07 bits per heavy atom. The summed E-state index contributed by atoms with van der Waals surface area (Å²) in [4.78, 5) is 16.4. The number of hydrogen-bond acceptors (Lipinski definition) is 3. The number of rotatable bonds is 6. The molecule has 0 saturated carbocycles. The minimum absolute atomic E-state index is 0.0984. The van der Waals surface area contributed by atoms with E-state index < -0.39 is 0 Å². The van der Waals surface area contributed by atoms with Crippen molar-refractivity contribution in [2.45, 2.75) is 26.2 Å². The summed E-state index contributed by atoms with van der Waals surface area (Å²) < 4.78 is 13.2. The van der Waals surface area contributed by atoms with E-state index in [0.29, 0.717) is 17.3 Å². The molecule has 5 heteroatoms. The zero-order valence-electron chi connectivity index (χ0n) is 15.4. The molecule has 0 aliphatic heterocycles. The van der Waals surface area contributed by atoms with Gasteiger partial charge in [0.1, 0.15) is 11.6 Å². The number of carbonyl (C=O) groups excluding carboxylic acids is 1. The fourth-order valence-electron chi connectivity index (χ4n) is 2.83. The van der Waals surface area contributed by atoms with E-state index in [1.165, 1.54) is 17.7 Å². The standard InChI is InChI=1S/C22H22FN3O/c1-15(2)19-8-3-4-9-20(19)25-18-10-11-21(24-14-18)26-22(27)13-16-6-5-7-17(23)12-16/h3-12,14-15,25H,13H2,1-2H3,(H,24,26,27). The predicted octanol–water partition coefficient (Wildman–Crippen LogP) is 5.27. The Bertz CT molecular complexity index is 923. The Kier molecular flexibility index (Phi) is 5.81. The summed E-state index contributed by atoms with van der Waals surface area (Å²) >= 11 is 0. The van der Waals surface area contributed by atoms with Crippen molar-refractivity contribution in [3.63, 3.8) is 0 Å². The highest BCUT2D eigenvalue weighted by molar-refractivity contribution is 5.91. The molecule has 3 aromatic rings. The summed E-state index contributed by atoms with van der Waals surface area (Å²) in [6.45, 7) is 4.30. The quantitative estimate of drug-likeness (QED) is 0.627. The molecule has 27 heavy (non-hydrogen) atoms. The lowest BCUT2D eigenvalue weighted by Crippen LogP contribution is -2.15. The van der Waals surface area contributed by atoms with Crippen LogP contribution >= 0.6 is 0 Å². The lowest BCUT2D eigenvalue weighted by atomic mass is 10.0. The summed E-state index contributed by atoms with van der Waals surface area (Å²) in [5.41, 5.74) is 3.73. The number of amides is 1. The van der Waals surface area contributed by atoms with Crippen LogP contribution in [0.2, 0.25) is 0 Å². The van der Waals surface area contributed by atoms with Gasteiger partial charge in [-0.05, 0) is 47.4 Å². The van der Waals surface area contributed by atoms with Crippen LogP contribution in [-0.4, -0.2) is 10.9 Å². The molecule has 0 saturated heterocycles. The molecule has 0 unspecified atom stereocenters. The maximum atomic E-state index is 13.2. The first kappa shape index (κ1) is 18.6. The number of halogens is 1. The normalized spacial score (nSPS) is 10.7. The van der Waals surface area contributed by atoms with Crippen LogP contribution in [0, 0.1) is 5.82 Å². The molecule has 138 valence electrons. The zero-order valence-corrected chi connectivity index (χ0v) is 15.4. The lowest BCUT2D eigenvalue weighted by Gasteiger charge is -2.14. The minimum atomic E-state index is -0.351. The van der Waals surface area contributed by atoms with E-state index in [-0.39, 0.29) is 18.1 Å². The van der Waals surface area contributed by atoms with Gasteiger partial charge in [-0.25, -0.2) is 9.37 Å². The lowest BCUT2D eigenvalue weighted by molar-refractivity contribution is -0.115. The Morgan fingerprint density at radius 2 is 1.89 bits per heavy atom. The molecule has 0 aliphatic carbocycles. The van der Waals surface area contributed by atoms with E-state index in [2.05, 4.69) is 35.5 Å². The van der Waals surface area contributed by atoms with Crippen molar-refractivity contribution in [2.75, 3.05) is 10.6 Å². The van der Waals surface area contributed by atoms with Gasteiger partial charge in [0.2, 0.25) is 5.91 Å². The molecular formula is C22H22FN3O. The van der Waals surface area contributed by atoms with Gasteiger partial charge in [-0.1, -0.05) is 44.2 Å². The van der Waals surface area contributed by atoms with Crippen LogP contribution in [-0.2, 0) is 11.2 Å². The summed E-state index contributed by atoms with van der Waals surface area (Å²) in [7, 11) is 0. The number of nitrogens with zero attached hydrogens (tertiary/aromatic N) is 1. The highest BCUT2D eigenvalue weighted by Gasteiger charge is 2.08. The molecule has 3 rings (SSSR count). The van der Waals surface area contributed by atoms with Gasteiger partial charge < -0.3 is 10.6 Å². The molecular weight excluding hydrogens is 341 g/mol. The third-order valence-corrected chi connectivity index (χ3v) is 4.15. The van der Waals surface area contributed by atoms with Gasteiger partial charge in [-0.3, -0.25) is 4.79 Å². The molecule has 0 aliphatic rings. The highest BCUT2D eigenvalue weighted by Crippen LogP contribution is 2.26. The van der Waals surface area contributed by atoms with Crippen molar-refractivity contribution in [2.24, 2.45) is 0 Å². The van der Waals surface area contributed by atoms with Crippen molar-refractivity contribution in [1.82, 2.24) is 4.98 Å². The van der Waals surface area contributed by atoms with E-state index in [0.717, 1.165) is 11.4 Å². The molecule has 1 aromatic heterocycles. The summed E-state index contributed by atoms with van der Waals surface area (Å²) in [5, 5.41) is 6.09. The molecule has 0 bridgehead atoms. The van der Waals surface area contributed by atoms with E-state index in [1.54, 1.807) is 24.4 Å². The van der Waals surface area contributed by atoms with Crippen LogP contribution in [0.5, 0.6) is 0 Å². The highest BCUT2D eigenvalue weighted by atomic mass is 19.1. The first-order valence-corrected chi connectivity index (χ1v) is 8.87. The molecule has 0 fully saturated rings. The number of aromatic nitrogens is 1. The van der Waals surface area contributed by atoms with Crippen LogP contribution in [0.25, 0.3) is 0 Å². The van der Waals surface area contributed by atoms with Gasteiger partial charge in [-0.15, -0.1) is 0 Å². The number of hydrogen-bond donors (Lipinski definition) is 2. The predicted molar refractivity (Wildman–Crippen MR) is 107 cm³/mol. The van der Waals surface area contributed by atoms with E-state index in [1.807, 2.05) is 24.3 Å². The average molecular weight is 363 g/mol. The number of pyridine rings is 1. The molecule has 2 aromatic carbocycles. The second kappa shape index (κ2) is 8.45. The molecule has 1 amide bonds. The fraction of sp³-hybridized carbons (Fsp3) is 0.182. The minimum Gasteiger partial charge on any atom is -0.354 e. The van der Waals surface area contributed by atoms with Crippen molar-refractivity contribution in [1.29, 1.82) is 0 Å². The van der Waals surface area contributed by atoms with Gasteiger partial charge in [-0.2, -0.15) is 0 Å². The number of benzene rings is 2. The zero-order chi connectivity index (χ0) is 19.2. The van der Waals surface area contributed by atoms with Crippen LogP contribution in [0.1, 0.15) is 30.9 Å². The SMILES string of the molecule is CC(C)c1ccccc1Nc1ccc(NC(=O)Cc2cccc(F)c2)nc1. The Balaban J connectivity index is 1.63. The number of para-hydroxylation sites is 1. The molecule has 2 N–H and O–H groups in total. The van der Waals surface area contributed by atoms with E-state index >= 15 is 0 Å². The number of nitrogens with one attached hydrogen (secondary N) is 2. The van der Waals surface area contributed by atoms with Crippen LogP contribution in [0.4, 0.5) is 21.6 Å². The second-order valence-electron chi connectivity index (χ2n) is 6.65. The van der Waals surface area contributed by atoms with E-state index in [9.17, 15) is 9.18 Å². The Hall–Kier alpha value is -3.21. The van der Waals surface area contributed by atoms with Crippen LogP contribution in [0.15, 0.2) is 66.9 Å². The van der Waals surface area contributed by atoms with Gasteiger partial charge in [0.15, 0.2) is 0 Å². The van der Waals surface area contributed by atoms with Crippen molar-refractivity contribution >= 4 is 23.1 Å². The van der Waals surface area contributed by atoms with Gasteiger partial charge >= 0.3 is 0 Å². The Labute approximate surface area is 158 Å². The van der Waals surface area contributed by atoms with Gasteiger partial charge in [0.05, 0.1) is 18.3 Å². The molecule has 0 atom stereocenters. The fourth-order valence-corrected chi connectivity index (χ4v) is 2.83. The first-order valence-electron chi connectivity index (χ1n) is 8.87. The molecule has 1 heterocycles. The molecule has 0 radical (unpaired) electrons. The summed E-state index contributed by atoms with van der Waals surface area (Å²) in [5.74, 6) is 0.275. The summed E-state index contributed by atoms with van der Waals surface area (Å²) in [6.07, 6.45) is 1.77. The second-order valence-corrected chi connectivity index (χ2v) is 6.65. The molecule has 4 nitrogen and oxygen atoms in total. The van der Waals surface area contributed by atoms with Gasteiger partial charge in [0.25, 0.3) is 0 Å². The summed E-state index contributed by atoms with van der Waals surface area (Å²) in [6, 6.07) is 17.8. The largest absolute Gasteiger partial charge is 0.354 e. The maximum Gasteiger partial charge on any atom is 0.229 e. The number of anilines is 3. The topological polar surface area (TPSA) is 54.0 Å². The van der Waals surface area contributed by atoms with E-state index in [4.69, 9.17) is 0 Å². The first-order chi connectivity index (χ1) is 13.0. The van der Waals surface area contributed by atoms with Crippen molar-refractivity contribution in [3.8, 4) is 0 Å². The monoisotopic (exact) mass is 363 g/mol. The van der Waals surface area contributed by atoms with Crippen molar-refractivity contribution < 1.29 is 9.18 Å². The smallest absolute Gasteiger partial charge is 0.229 e. The Morgan fingerprint density at radius 3 is 2.59 bits per heavy atom. The van der Waals surface area contributed by atoms with Crippen molar-refractivity contribution in [3.05, 3.63) is 83.8 Å². The molecule has 0 spiro atoms.